The molecule has 7 heteroatoms. The first-order valence-electron chi connectivity index (χ1n) is 10.1. The highest BCUT2D eigenvalue weighted by Gasteiger charge is 2.38. The number of benzene rings is 1. The summed E-state index contributed by atoms with van der Waals surface area (Å²) < 4.78 is 10.8. The van der Waals surface area contributed by atoms with Crippen LogP contribution in [-0.4, -0.2) is 36.6 Å². The highest BCUT2D eigenvalue weighted by molar-refractivity contribution is 5.86. The number of hydrogen-bond acceptors (Lipinski definition) is 6. The maximum absolute atomic E-state index is 12.9. The number of carbonyl (C=O) groups excluding carboxylic acids is 1. The molecule has 31 heavy (non-hydrogen) atoms. The van der Waals surface area contributed by atoms with Crippen molar-refractivity contribution in [3.8, 4) is 11.5 Å². The van der Waals surface area contributed by atoms with Gasteiger partial charge in [0.05, 0.1) is 14.2 Å². The molecule has 0 aliphatic heterocycles. The van der Waals surface area contributed by atoms with Gasteiger partial charge in [-0.05, 0) is 66.3 Å². The van der Waals surface area contributed by atoms with E-state index in [1.54, 1.807) is 45.1 Å². The topological polar surface area (TPSA) is 99.4 Å². The van der Waals surface area contributed by atoms with Gasteiger partial charge in [-0.25, -0.2) is 0 Å². The summed E-state index contributed by atoms with van der Waals surface area (Å²) in [6.45, 7) is 0.564. The number of amides is 1. The molecule has 0 saturated heterocycles. The number of carbonyl (C=O) groups is 1. The van der Waals surface area contributed by atoms with Crippen LogP contribution in [0.5, 0.6) is 11.5 Å². The highest BCUT2D eigenvalue weighted by Crippen LogP contribution is 2.34. The van der Waals surface area contributed by atoms with E-state index in [1.807, 2.05) is 36.4 Å². The van der Waals surface area contributed by atoms with Gasteiger partial charge in [-0.15, -0.1) is 0 Å². The monoisotopic (exact) mass is 420 g/mol. The first-order valence-corrected chi connectivity index (χ1v) is 10.1. The number of pyridine rings is 2. The Hall–Kier alpha value is -3.45. The fraction of sp³-hybridized carbons (Fsp3) is 0.292. The Morgan fingerprint density at radius 2 is 1.74 bits per heavy atom. The number of primary amides is 1. The molecule has 1 amide bonds. The molecule has 1 aromatic carbocycles. The average molecular weight is 421 g/mol. The maximum Gasteiger partial charge on any atom is 0.242 e. The summed E-state index contributed by atoms with van der Waals surface area (Å²) in [6.07, 6.45) is 8.88. The summed E-state index contributed by atoms with van der Waals surface area (Å²) in [5.74, 6) is 0.690. The van der Waals surface area contributed by atoms with Crippen LogP contribution in [0, 0.1) is 0 Å². The highest BCUT2D eigenvalue weighted by atomic mass is 16.5. The molecule has 0 aliphatic rings. The Morgan fingerprint density at radius 3 is 2.39 bits per heavy atom. The number of aryl methyl sites for hydroxylation is 1. The largest absolute Gasteiger partial charge is 0.493 e. The molecule has 0 fully saturated rings. The van der Waals surface area contributed by atoms with Gasteiger partial charge < -0.3 is 15.2 Å². The lowest BCUT2D eigenvalue weighted by molar-refractivity contribution is -0.125. The lowest BCUT2D eigenvalue weighted by Crippen LogP contribution is -2.53. The van der Waals surface area contributed by atoms with E-state index < -0.39 is 11.4 Å². The van der Waals surface area contributed by atoms with E-state index in [1.165, 1.54) is 0 Å². The quantitative estimate of drug-likeness (QED) is 0.495. The van der Waals surface area contributed by atoms with Gasteiger partial charge >= 0.3 is 0 Å². The molecule has 2 heterocycles. The molecule has 0 saturated carbocycles. The van der Waals surface area contributed by atoms with Crippen LogP contribution in [-0.2, 0) is 23.2 Å². The van der Waals surface area contributed by atoms with Gasteiger partial charge in [0.15, 0.2) is 11.5 Å². The zero-order valence-corrected chi connectivity index (χ0v) is 17.9. The number of rotatable bonds is 11. The molecule has 3 N–H and O–H groups in total. The van der Waals surface area contributed by atoms with E-state index in [2.05, 4.69) is 15.3 Å². The summed E-state index contributed by atoms with van der Waals surface area (Å²) in [6, 6.07) is 13.2. The molecular formula is C24H28N4O3. The molecule has 162 valence electrons. The van der Waals surface area contributed by atoms with Crippen LogP contribution in [0.2, 0.25) is 0 Å². The van der Waals surface area contributed by atoms with Crippen LogP contribution in [0.25, 0.3) is 0 Å². The predicted molar refractivity (Wildman–Crippen MR) is 119 cm³/mol. The second-order valence-electron chi connectivity index (χ2n) is 7.23. The second-order valence-corrected chi connectivity index (χ2v) is 7.23. The third-order valence-corrected chi connectivity index (χ3v) is 5.40. The van der Waals surface area contributed by atoms with Crippen LogP contribution in [0.15, 0.2) is 67.3 Å². The molecule has 0 bridgehead atoms. The molecule has 0 aliphatic carbocycles. The van der Waals surface area contributed by atoms with E-state index in [-0.39, 0.29) is 0 Å². The Balaban J connectivity index is 1.92. The van der Waals surface area contributed by atoms with Crippen LogP contribution >= 0.6 is 0 Å². The van der Waals surface area contributed by atoms with Crippen molar-refractivity contribution in [2.45, 2.75) is 24.8 Å². The smallest absolute Gasteiger partial charge is 0.242 e. The normalized spacial score (nSPS) is 12.7. The number of nitrogens with two attached hydrogens (primary N) is 1. The minimum Gasteiger partial charge on any atom is -0.493 e. The molecule has 3 rings (SSSR count). The van der Waals surface area contributed by atoms with Gasteiger partial charge in [0.2, 0.25) is 5.91 Å². The molecule has 0 radical (unpaired) electrons. The van der Waals surface area contributed by atoms with E-state index in [0.717, 1.165) is 23.1 Å². The number of nitrogens with one attached hydrogen (secondary N) is 1. The Morgan fingerprint density at radius 1 is 0.968 bits per heavy atom. The van der Waals surface area contributed by atoms with Crippen LogP contribution in [0.3, 0.4) is 0 Å². The number of ether oxygens (including phenoxy) is 2. The van der Waals surface area contributed by atoms with Gasteiger partial charge in [0.1, 0.15) is 5.54 Å². The van der Waals surface area contributed by atoms with E-state index >= 15 is 0 Å². The molecule has 1 atom stereocenters. The third-order valence-electron chi connectivity index (χ3n) is 5.40. The van der Waals surface area contributed by atoms with E-state index in [0.29, 0.717) is 30.9 Å². The summed E-state index contributed by atoms with van der Waals surface area (Å²) in [7, 11) is 3.15. The van der Waals surface area contributed by atoms with E-state index in [4.69, 9.17) is 15.2 Å². The fourth-order valence-corrected chi connectivity index (χ4v) is 3.64. The predicted octanol–water partition coefficient (Wildman–Crippen LogP) is 2.64. The second kappa shape index (κ2) is 10.5. The number of hydrogen-bond donors (Lipinski definition) is 2. The van der Waals surface area contributed by atoms with Crippen molar-refractivity contribution in [2.24, 2.45) is 5.73 Å². The lowest BCUT2D eigenvalue weighted by Gasteiger charge is -2.33. The minimum atomic E-state index is -1.08. The third kappa shape index (κ3) is 5.38. The van der Waals surface area contributed by atoms with Gasteiger partial charge in [-0.3, -0.25) is 20.1 Å². The molecule has 1 unspecified atom stereocenters. The SMILES string of the molecule is COc1ccc(C(CCc2cccnc2)(NCCc2ccncc2)C(N)=O)cc1OC. The number of aromatic nitrogens is 2. The summed E-state index contributed by atoms with van der Waals surface area (Å²) in [5.41, 5.74) is 7.82. The molecule has 3 aromatic rings. The summed E-state index contributed by atoms with van der Waals surface area (Å²) >= 11 is 0. The minimum absolute atomic E-state index is 0.446. The summed E-state index contributed by atoms with van der Waals surface area (Å²) in [4.78, 5) is 21.1. The lowest BCUT2D eigenvalue weighted by atomic mass is 9.83. The Labute approximate surface area is 182 Å². The van der Waals surface area contributed by atoms with Crippen molar-refractivity contribution in [2.75, 3.05) is 20.8 Å². The number of methoxy groups -OCH3 is 2. The van der Waals surface area contributed by atoms with Crippen molar-refractivity contribution in [1.29, 1.82) is 0 Å². The van der Waals surface area contributed by atoms with E-state index in [9.17, 15) is 4.79 Å². The van der Waals surface area contributed by atoms with Crippen molar-refractivity contribution < 1.29 is 14.3 Å². The van der Waals surface area contributed by atoms with Gasteiger partial charge in [-0.2, -0.15) is 0 Å². The molecule has 7 nitrogen and oxygen atoms in total. The van der Waals surface area contributed by atoms with Crippen LogP contribution < -0.4 is 20.5 Å². The molecule has 2 aromatic heterocycles. The fourth-order valence-electron chi connectivity index (χ4n) is 3.64. The Kier molecular flexibility index (Phi) is 7.56. The standard InChI is InChI=1S/C24H28N4O3/c1-30-21-6-5-20(16-22(21)31-2)24(23(25)29,11-7-19-4-3-12-27-17-19)28-15-10-18-8-13-26-14-9-18/h3-6,8-9,12-14,16-17,28H,7,10-11,15H2,1-2H3,(H2,25,29). The van der Waals surface area contributed by atoms with Crippen molar-refractivity contribution in [1.82, 2.24) is 15.3 Å². The average Bonchev–Trinajstić information content (AvgIpc) is 2.82. The van der Waals surface area contributed by atoms with Crippen molar-refractivity contribution in [3.05, 3.63) is 83.9 Å². The van der Waals surface area contributed by atoms with Gasteiger partial charge in [-0.1, -0.05) is 12.1 Å². The first-order chi connectivity index (χ1) is 15.1. The van der Waals surface area contributed by atoms with Crippen LogP contribution in [0.4, 0.5) is 0 Å². The van der Waals surface area contributed by atoms with Crippen LogP contribution in [0.1, 0.15) is 23.1 Å². The maximum atomic E-state index is 12.9. The first kappa shape index (κ1) is 22.2. The van der Waals surface area contributed by atoms with Crippen molar-refractivity contribution >= 4 is 5.91 Å². The summed E-state index contributed by atoms with van der Waals surface area (Å²) in [5, 5.41) is 3.44. The zero-order chi connectivity index (χ0) is 22.1. The van der Waals surface area contributed by atoms with Gasteiger partial charge in [0, 0.05) is 31.3 Å². The van der Waals surface area contributed by atoms with Crippen molar-refractivity contribution in [3.63, 3.8) is 0 Å². The Bertz CT molecular complexity index is 983. The molecular weight excluding hydrogens is 392 g/mol. The van der Waals surface area contributed by atoms with Gasteiger partial charge in [0.25, 0.3) is 0 Å². The number of nitrogens with zero attached hydrogens (tertiary/aromatic N) is 2. The zero-order valence-electron chi connectivity index (χ0n) is 17.9. The molecule has 0 spiro atoms.